The highest BCUT2D eigenvalue weighted by Gasteiger charge is 2.21. The van der Waals surface area contributed by atoms with Crippen LogP contribution in [0.5, 0.6) is 11.5 Å². The second-order valence-corrected chi connectivity index (χ2v) is 6.34. The Bertz CT molecular complexity index is 946. The molecule has 1 atom stereocenters. The molecule has 1 amide bonds. The van der Waals surface area contributed by atoms with Crippen LogP contribution in [0.3, 0.4) is 0 Å². The average Bonchev–Trinajstić information content (AvgIpc) is 2.76. The number of carbonyl (C=O) groups excluding carboxylic acids is 1. The molecular formula is C20H22F3IN4O3. The molecule has 7 nitrogen and oxygen atoms in total. The number of nitrogens with one attached hydrogen (secondary N) is 3. The summed E-state index contributed by atoms with van der Waals surface area (Å²) < 4.78 is 51.4. The predicted octanol–water partition coefficient (Wildman–Crippen LogP) is 3.06. The van der Waals surface area contributed by atoms with Crippen LogP contribution >= 0.6 is 24.0 Å². The fourth-order valence-corrected chi connectivity index (χ4v) is 2.68. The molecule has 0 radical (unpaired) electrons. The number of guanidine groups is 1. The van der Waals surface area contributed by atoms with Crippen molar-refractivity contribution in [1.82, 2.24) is 10.6 Å². The Morgan fingerprint density at radius 3 is 2.58 bits per heavy atom. The molecule has 0 aromatic heterocycles. The summed E-state index contributed by atoms with van der Waals surface area (Å²) in [7, 11) is 0. The quantitative estimate of drug-likeness (QED) is 0.223. The lowest BCUT2D eigenvalue weighted by atomic mass is 10.2. The van der Waals surface area contributed by atoms with E-state index in [0.717, 1.165) is 12.1 Å². The molecule has 3 rings (SSSR count). The Kier molecular flexibility index (Phi) is 9.21. The topological polar surface area (TPSA) is 84.0 Å². The summed E-state index contributed by atoms with van der Waals surface area (Å²) in [5, 5.41) is 8.17. The molecular weight excluding hydrogens is 528 g/mol. The third kappa shape index (κ3) is 6.64. The molecule has 168 valence electrons. The zero-order valence-electron chi connectivity index (χ0n) is 16.6. The van der Waals surface area contributed by atoms with Crippen LogP contribution in [0.15, 0.2) is 41.4 Å². The number of para-hydroxylation sites is 2. The smallest absolute Gasteiger partial charge is 0.246 e. The molecule has 0 spiro atoms. The summed E-state index contributed by atoms with van der Waals surface area (Å²) in [4.78, 5) is 16.1. The van der Waals surface area contributed by atoms with Gasteiger partial charge in [0.25, 0.3) is 0 Å². The number of hydrogen-bond acceptors (Lipinski definition) is 4. The molecule has 1 aliphatic rings. The largest absolute Gasteiger partial charge is 0.486 e. The van der Waals surface area contributed by atoms with Crippen molar-refractivity contribution < 1.29 is 27.4 Å². The van der Waals surface area contributed by atoms with E-state index in [4.69, 9.17) is 9.47 Å². The van der Waals surface area contributed by atoms with Gasteiger partial charge in [-0.1, -0.05) is 12.1 Å². The van der Waals surface area contributed by atoms with Crippen molar-refractivity contribution in [2.75, 3.05) is 31.6 Å². The van der Waals surface area contributed by atoms with Crippen molar-refractivity contribution in [3.05, 3.63) is 53.8 Å². The average molecular weight is 550 g/mol. The monoisotopic (exact) mass is 550 g/mol. The maximum absolute atomic E-state index is 13.7. The number of hydrogen-bond donors (Lipinski definition) is 3. The Morgan fingerprint density at radius 1 is 1.10 bits per heavy atom. The van der Waals surface area contributed by atoms with Crippen molar-refractivity contribution in [1.29, 1.82) is 0 Å². The summed E-state index contributed by atoms with van der Waals surface area (Å²) in [6, 6.07) is 9.00. The Balaban J connectivity index is 0.00000341. The second kappa shape index (κ2) is 11.6. The number of fused-ring (bicyclic) bond motifs is 1. The fraction of sp³-hybridized carbons (Fsp3) is 0.300. The molecule has 0 aliphatic carbocycles. The number of aliphatic imine (C=N–C) groups is 1. The molecule has 0 bridgehead atoms. The Labute approximate surface area is 194 Å². The first kappa shape index (κ1) is 24.6. The van der Waals surface area contributed by atoms with Crippen molar-refractivity contribution in [2.45, 2.75) is 13.0 Å². The van der Waals surface area contributed by atoms with E-state index in [2.05, 4.69) is 20.9 Å². The zero-order chi connectivity index (χ0) is 21.5. The number of halogens is 4. The number of benzene rings is 2. The van der Waals surface area contributed by atoms with Crippen LogP contribution in [-0.4, -0.2) is 44.2 Å². The molecule has 2 aromatic carbocycles. The maximum Gasteiger partial charge on any atom is 0.246 e. The van der Waals surface area contributed by atoms with Gasteiger partial charge in [0, 0.05) is 6.54 Å². The third-order valence-electron chi connectivity index (χ3n) is 4.10. The highest BCUT2D eigenvalue weighted by molar-refractivity contribution is 14.0. The summed E-state index contributed by atoms with van der Waals surface area (Å²) in [6.07, 6.45) is -0.270. The van der Waals surface area contributed by atoms with Crippen LogP contribution < -0.4 is 25.4 Å². The summed E-state index contributed by atoms with van der Waals surface area (Å²) in [6.45, 7) is 2.73. The minimum Gasteiger partial charge on any atom is -0.486 e. The lowest BCUT2D eigenvalue weighted by Crippen LogP contribution is -2.45. The van der Waals surface area contributed by atoms with E-state index in [9.17, 15) is 18.0 Å². The summed E-state index contributed by atoms with van der Waals surface area (Å²) in [5.74, 6) is -3.49. The SMILES string of the molecule is CCNC(=NCC(=O)Nc1ccc(F)c(F)c1F)NCC1COc2ccccc2O1.I. The van der Waals surface area contributed by atoms with Gasteiger partial charge in [-0.25, -0.2) is 18.2 Å². The number of rotatable bonds is 6. The third-order valence-corrected chi connectivity index (χ3v) is 4.10. The molecule has 31 heavy (non-hydrogen) atoms. The molecule has 11 heteroatoms. The molecule has 1 heterocycles. The van der Waals surface area contributed by atoms with Crippen molar-refractivity contribution in [2.24, 2.45) is 4.99 Å². The van der Waals surface area contributed by atoms with Crippen LogP contribution in [0.1, 0.15) is 6.92 Å². The van der Waals surface area contributed by atoms with Crippen LogP contribution in [-0.2, 0) is 4.79 Å². The highest BCUT2D eigenvalue weighted by Crippen LogP contribution is 2.30. The van der Waals surface area contributed by atoms with Gasteiger partial charge < -0.3 is 25.4 Å². The van der Waals surface area contributed by atoms with Gasteiger partial charge >= 0.3 is 0 Å². The normalized spacial score (nSPS) is 15.0. The fourth-order valence-electron chi connectivity index (χ4n) is 2.68. The van der Waals surface area contributed by atoms with E-state index in [1.807, 2.05) is 31.2 Å². The molecule has 0 saturated carbocycles. The van der Waals surface area contributed by atoms with Gasteiger partial charge in [0.2, 0.25) is 5.91 Å². The first-order valence-corrected chi connectivity index (χ1v) is 9.32. The minimum absolute atomic E-state index is 0. The molecule has 1 unspecified atom stereocenters. The number of nitrogens with zero attached hydrogens (tertiary/aromatic N) is 1. The maximum atomic E-state index is 13.7. The van der Waals surface area contributed by atoms with E-state index < -0.39 is 29.0 Å². The van der Waals surface area contributed by atoms with Gasteiger partial charge in [0.05, 0.1) is 12.2 Å². The van der Waals surface area contributed by atoms with Gasteiger partial charge in [0.1, 0.15) is 19.3 Å². The molecule has 0 saturated heterocycles. The van der Waals surface area contributed by atoms with Crippen LogP contribution in [0.4, 0.5) is 18.9 Å². The summed E-state index contributed by atoms with van der Waals surface area (Å²) in [5.41, 5.74) is -0.460. The highest BCUT2D eigenvalue weighted by atomic mass is 127. The first-order chi connectivity index (χ1) is 14.5. The van der Waals surface area contributed by atoms with E-state index in [1.54, 1.807) is 0 Å². The first-order valence-electron chi connectivity index (χ1n) is 9.32. The molecule has 0 fully saturated rings. The van der Waals surface area contributed by atoms with Crippen LogP contribution in [0, 0.1) is 17.5 Å². The number of anilines is 1. The van der Waals surface area contributed by atoms with Gasteiger partial charge in [-0.2, -0.15) is 0 Å². The van der Waals surface area contributed by atoms with Crippen LogP contribution in [0.2, 0.25) is 0 Å². The molecule has 2 aromatic rings. The van der Waals surface area contributed by atoms with Gasteiger partial charge in [0.15, 0.2) is 34.9 Å². The Morgan fingerprint density at radius 2 is 1.84 bits per heavy atom. The number of amides is 1. The van der Waals surface area contributed by atoms with E-state index >= 15 is 0 Å². The van der Waals surface area contributed by atoms with E-state index in [-0.39, 0.29) is 36.6 Å². The summed E-state index contributed by atoms with van der Waals surface area (Å²) >= 11 is 0. The van der Waals surface area contributed by atoms with Crippen molar-refractivity contribution in [3.8, 4) is 11.5 Å². The lowest BCUT2D eigenvalue weighted by molar-refractivity contribution is -0.114. The minimum atomic E-state index is -1.65. The number of ether oxygens (including phenoxy) is 2. The van der Waals surface area contributed by atoms with Gasteiger partial charge in [-0.3, -0.25) is 4.79 Å². The predicted molar refractivity (Wildman–Crippen MR) is 121 cm³/mol. The lowest BCUT2D eigenvalue weighted by Gasteiger charge is -2.27. The number of carbonyl (C=O) groups is 1. The van der Waals surface area contributed by atoms with Crippen LogP contribution in [0.25, 0.3) is 0 Å². The molecule has 3 N–H and O–H groups in total. The van der Waals surface area contributed by atoms with Crippen molar-refractivity contribution in [3.63, 3.8) is 0 Å². The van der Waals surface area contributed by atoms with Gasteiger partial charge in [-0.05, 0) is 31.2 Å². The van der Waals surface area contributed by atoms with E-state index in [1.165, 1.54) is 0 Å². The Hall–Kier alpha value is -2.70. The van der Waals surface area contributed by atoms with Gasteiger partial charge in [-0.15, -0.1) is 24.0 Å². The molecule has 1 aliphatic heterocycles. The second-order valence-electron chi connectivity index (χ2n) is 6.34. The zero-order valence-corrected chi connectivity index (χ0v) is 18.9. The van der Waals surface area contributed by atoms with Crippen molar-refractivity contribution >= 4 is 41.5 Å². The van der Waals surface area contributed by atoms with E-state index in [0.29, 0.717) is 37.2 Å². The standard InChI is InChI=1S/C20H21F3N4O3.HI/c1-2-24-20(25-9-12-11-29-15-5-3-4-6-16(15)30-12)26-10-17(28)27-14-8-7-13(21)18(22)19(14)23;/h3-8,12H,2,9-11H2,1H3,(H,27,28)(H2,24,25,26);1H.